The molecule has 3 aromatic carbocycles. The lowest BCUT2D eigenvalue weighted by Gasteiger charge is -2.43. The van der Waals surface area contributed by atoms with E-state index in [0.29, 0.717) is 22.8 Å². The number of carbonyl (C=O) groups is 2. The largest absolute Gasteiger partial charge is 0.496 e. The van der Waals surface area contributed by atoms with Gasteiger partial charge in [0, 0.05) is 23.4 Å². The van der Waals surface area contributed by atoms with Gasteiger partial charge >= 0.3 is 0 Å². The summed E-state index contributed by atoms with van der Waals surface area (Å²) < 4.78 is 7.11. The summed E-state index contributed by atoms with van der Waals surface area (Å²) in [4.78, 5) is 29.6. The third-order valence-corrected chi connectivity index (χ3v) is 6.95. The SMILES string of the molecule is COc1ccccc1CNC(=O)[C@@]1(C)Cn2nc(-c3ccccc3)cc2C(=O)N1c1cc(C)ccc1C. The zero-order valence-corrected chi connectivity index (χ0v) is 21.5. The average molecular weight is 495 g/mol. The minimum absolute atomic E-state index is 0.214. The van der Waals surface area contributed by atoms with Gasteiger partial charge in [-0.05, 0) is 50.1 Å². The van der Waals surface area contributed by atoms with Gasteiger partial charge in [-0.2, -0.15) is 5.10 Å². The number of benzene rings is 3. The molecule has 1 aliphatic heterocycles. The van der Waals surface area contributed by atoms with E-state index in [2.05, 4.69) is 5.32 Å². The number of nitrogens with zero attached hydrogens (tertiary/aromatic N) is 3. The number of hydrogen-bond donors (Lipinski definition) is 1. The third kappa shape index (κ3) is 4.37. The van der Waals surface area contributed by atoms with Crippen molar-refractivity contribution in [2.45, 2.75) is 39.4 Å². The molecule has 0 saturated carbocycles. The molecule has 0 fully saturated rings. The van der Waals surface area contributed by atoms with Gasteiger partial charge in [0.15, 0.2) is 0 Å². The minimum Gasteiger partial charge on any atom is -0.496 e. The summed E-state index contributed by atoms with van der Waals surface area (Å²) in [5, 5.41) is 7.79. The molecule has 4 aromatic rings. The van der Waals surface area contributed by atoms with Crippen molar-refractivity contribution in [3.63, 3.8) is 0 Å². The molecule has 0 spiro atoms. The van der Waals surface area contributed by atoms with E-state index in [1.807, 2.05) is 92.7 Å². The van der Waals surface area contributed by atoms with Gasteiger partial charge in [0.05, 0.1) is 19.3 Å². The van der Waals surface area contributed by atoms with Gasteiger partial charge in [0.1, 0.15) is 17.0 Å². The Morgan fingerprint density at radius 1 is 1.03 bits per heavy atom. The van der Waals surface area contributed by atoms with E-state index >= 15 is 0 Å². The molecule has 7 nitrogen and oxygen atoms in total. The normalized spacial score (nSPS) is 16.9. The Hall–Kier alpha value is -4.39. The summed E-state index contributed by atoms with van der Waals surface area (Å²) in [7, 11) is 1.60. The zero-order chi connectivity index (χ0) is 26.2. The monoisotopic (exact) mass is 494 g/mol. The van der Waals surface area contributed by atoms with Gasteiger partial charge in [-0.15, -0.1) is 0 Å². The van der Waals surface area contributed by atoms with Crippen molar-refractivity contribution in [1.82, 2.24) is 15.1 Å². The zero-order valence-electron chi connectivity index (χ0n) is 21.5. The highest BCUT2D eigenvalue weighted by Crippen LogP contribution is 2.36. The van der Waals surface area contributed by atoms with Crippen LogP contribution in [-0.2, 0) is 17.9 Å². The van der Waals surface area contributed by atoms with E-state index < -0.39 is 5.54 Å². The molecule has 2 heterocycles. The molecule has 0 aliphatic carbocycles. The summed E-state index contributed by atoms with van der Waals surface area (Å²) in [6, 6.07) is 25.0. The second-order valence-electron chi connectivity index (χ2n) is 9.64. The molecule has 0 bridgehead atoms. The Morgan fingerprint density at radius 3 is 2.51 bits per heavy atom. The summed E-state index contributed by atoms with van der Waals surface area (Å²) in [5.74, 6) is 0.167. The second kappa shape index (κ2) is 9.58. The standard InChI is InChI=1S/C30H30N4O3/c1-20-14-15-21(2)25(16-20)34-28(35)26-17-24(22-10-6-5-7-11-22)32-33(26)19-30(34,3)29(36)31-18-23-12-8-9-13-27(23)37-4/h5-17H,18-19H2,1-4H3,(H,31,36)/t30-/m1/s1. The molecule has 1 aliphatic rings. The van der Waals surface area contributed by atoms with Gasteiger partial charge in [0.25, 0.3) is 5.91 Å². The third-order valence-electron chi connectivity index (χ3n) is 6.95. The van der Waals surface area contributed by atoms with Gasteiger partial charge in [-0.1, -0.05) is 60.7 Å². The van der Waals surface area contributed by atoms with Gasteiger partial charge in [-0.3, -0.25) is 19.2 Å². The molecule has 188 valence electrons. The minimum atomic E-state index is -1.22. The Kier molecular flexibility index (Phi) is 6.29. The fourth-order valence-corrected chi connectivity index (χ4v) is 4.88. The van der Waals surface area contributed by atoms with E-state index in [-0.39, 0.29) is 24.9 Å². The fourth-order valence-electron chi connectivity index (χ4n) is 4.88. The highest BCUT2D eigenvalue weighted by molar-refractivity contribution is 6.12. The lowest BCUT2D eigenvalue weighted by atomic mass is 9.92. The summed E-state index contributed by atoms with van der Waals surface area (Å²) in [6.07, 6.45) is 0. The van der Waals surface area contributed by atoms with Crippen molar-refractivity contribution in [3.05, 3.63) is 101 Å². The molecule has 1 atom stereocenters. The van der Waals surface area contributed by atoms with Crippen LogP contribution in [0.1, 0.15) is 34.1 Å². The number of amides is 2. The van der Waals surface area contributed by atoms with Crippen LogP contribution in [0.3, 0.4) is 0 Å². The van der Waals surface area contributed by atoms with Crippen molar-refractivity contribution in [3.8, 4) is 17.0 Å². The quantitative estimate of drug-likeness (QED) is 0.413. The van der Waals surface area contributed by atoms with Crippen LogP contribution < -0.4 is 15.0 Å². The van der Waals surface area contributed by atoms with E-state index in [1.54, 1.807) is 23.6 Å². The van der Waals surface area contributed by atoms with Crippen molar-refractivity contribution in [1.29, 1.82) is 0 Å². The van der Waals surface area contributed by atoms with E-state index in [4.69, 9.17) is 9.84 Å². The van der Waals surface area contributed by atoms with Crippen LogP contribution in [0.2, 0.25) is 0 Å². The predicted molar refractivity (Wildman–Crippen MR) is 144 cm³/mol. The Labute approximate surface area is 216 Å². The first-order chi connectivity index (χ1) is 17.8. The molecule has 7 heteroatoms. The average Bonchev–Trinajstić information content (AvgIpc) is 3.34. The van der Waals surface area contributed by atoms with Gasteiger partial charge in [0.2, 0.25) is 5.91 Å². The lowest BCUT2D eigenvalue weighted by Crippen LogP contribution is -2.64. The number of ether oxygens (including phenoxy) is 1. The highest BCUT2D eigenvalue weighted by atomic mass is 16.5. The first-order valence-electron chi connectivity index (χ1n) is 12.3. The molecular formula is C30H30N4O3. The van der Waals surface area contributed by atoms with Crippen molar-refractivity contribution < 1.29 is 14.3 Å². The highest BCUT2D eigenvalue weighted by Gasteiger charge is 2.49. The van der Waals surface area contributed by atoms with Gasteiger partial charge < -0.3 is 10.1 Å². The first kappa shape index (κ1) is 24.3. The number of aryl methyl sites for hydroxylation is 2. The van der Waals surface area contributed by atoms with Gasteiger partial charge in [-0.25, -0.2) is 0 Å². The smallest absolute Gasteiger partial charge is 0.277 e. The number of nitrogens with one attached hydrogen (secondary N) is 1. The van der Waals surface area contributed by atoms with Crippen LogP contribution in [0.25, 0.3) is 11.3 Å². The molecule has 0 unspecified atom stereocenters. The maximum Gasteiger partial charge on any atom is 0.277 e. The van der Waals surface area contributed by atoms with Crippen LogP contribution in [0.15, 0.2) is 78.9 Å². The Balaban J connectivity index is 1.57. The topological polar surface area (TPSA) is 76.5 Å². The van der Waals surface area contributed by atoms with Crippen molar-refractivity contribution in [2.24, 2.45) is 0 Å². The summed E-state index contributed by atoms with van der Waals surface area (Å²) >= 11 is 0. The number of carbonyl (C=O) groups excluding carboxylic acids is 2. The van der Waals surface area contributed by atoms with Crippen molar-refractivity contribution in [2.75, 3.05) is 12.0 Å². The Bertz CT molecular complexity index is 1480. The molecule has 1 aromatic heterocycles. The number of anilines is 1. The summed E-state index contributed by atoms with van der Waals surface area (Å²) in [6.45, 7) is 6.22. The molecule has 37 heavy (non-hydrogen) atoms. The van der Waals surface area contributed by atoms with Crippen LogP contribution in [-0.4, -0.2) is 34.2 Å². The van der Waals surface area contributed by atoms with Crippen molar-refractivity contribution >= 4 is 17.5 Å². The fraction of sp³-hybridized carbons (Fsp3) is 0.233. The number of rotatable bonds is 6. The molecule has 0 radical (unpaired) electrons. The van der Waals surface area contributed by atoms with Crippen LogP contribution in [0, 0.1) is 13.8 Å². The number of aromatic nitrogens is 2. The lowest BCUT2D eigenvalue weighted by molar-refractivity contribution is -0.126. The second-order valence-corrected chi connectivity index (χ2v) is 9.64. The number of fused-ring (bicyclic) bond motifs is 1. The van der Waals surface area contributed by atoms with E-state index in [9.17, 15) is 9.59 Å². The Morgan fingerprint density at radius 2 is 1.76 bits per heavy atom. The first-order valence-corrected chi connectivity index (χ1v) is 12.3. The molecule has 2 amide bonds. The molecule has 1 N–H and O–H groups in total. The predicted octanol–water partition coefficient (Wildman–Crippen LogP) is 4.91. The molecular weight excluding hydrogens is 464 g/mol. The van der Waals surface area contributed by atoms with E-state index in [0.717, 1.165) is 22.3 Å². The van der Waals surface area contributed by atoms with Crippen LogP contribution >= 0.6 is 0 Å². The summed E-state index contributed by atoms with van der Waals surface area (Å²) in [5.41, 5.74) is 4.34. The number of para-hydroxylation sites is 1. The van der Waals surface area contributed by atoms with Crippen LogP contribution in [0.5, 0.6) is 5.75 Å². The van der Waals surface area contributed by atoms with E-state index in [1.165, 1.54) is 0 Å². The molecule has 5 rings (SSSR count). The maximum absolute atomic E-state index is 14.1. The van der Waals surface area contributed by atoms with Crippen LogP contribution in [0.4, 0.5) is 5.69 Å². The maximum atomic E-state index is 14.1. The number of methoxy groups -OCH3 is 1. The number of hydrogen-bond acceptors (Lipinski definition) is 4. The molecule has 0 saturated heterocycles.